The lowest BCUT2D eigenvalue weighted by molar-refractivity contribution is -0.133. The van der Waals surface area contributed by atoms with Gasteiger partial charge in [-0.2, -0.15) is 5.10 Å². The van der Waals surface area contributed by atoms with Crippen LogP contribution in [0.5, 0.6) is 0 Å². The highest BCUT2D eigenvalue weighted by Crippen LogP contribution is 2.17. The minimum atomic E-state index is 0.152. The summed E-state index contributed by atoms with van der Waals surface area (Å²) in [4.78, 5) is 14.0. The smallest absolute Gasteiger partial charge is 0.228 e. The maximum atomic E-state index is 12.1. The number of aromatic nitrogens is 2. The standard InChI is InChI=1S/C11H18N4O/c12-8-10-3-1-2-6-15(10)11(16)7-9-4-5-13-14-9/h4-5,10H,1-3,6-8,12H2,(H,13,14). The molecule has 0 spiro atoms. The number of H-pyrrole nitrogens is 1. The summed E-state index contributed by atoms with van der Waals surface area (Å²) in [5, 5.41) is 6.65. The number of aromatic amines is 1. The zero-order valence-corrected chi connectivity index (χ0v) is 9.35. The summed E-state index contributed by atoms with van der Waals surface area (Å²) in [6, 6.07) is 2.06. The molecule has 1 amide bonds. The molecule has 1 aromatic heterocycles. The topological polar surface area (TPSA) is 75.0 Å². The van der Waals surface area contributed by atoms with Gasteiger partial charge in [-0.15, -0.1) is 0 Å². The van der Waals surface area contributed by atoms with Crippen molar-refractivity contribution in [1.82, 2.24) is 15.1 Å². The molecule has 0 bridgehead atoms. The van der Waals surface area contributed by atoms with E-state index in [0.717, 1.165) is 25.1 Å². The van der Waals surface area contributed by atoms with Crippen molar-refractivity contribution in [3.05, 3.63) is 18.0 Å². The average Bonchev–Trinajstić information content (AvgIpc) is 2.81. The summed E-state index contributed by atoms with van der Waals surface area (Å²) in [7, 11) is 0. The molecular weight excluding hydrogens is 204 g/mol. The summed E-state index contributed by atoms with van der Waals surface area (Å²) in [5.74, 6) is 0.152. The zero-order valence-electron chi connectivity index (χ0n) is 9.35. The van der Waals surface area contributed by atoms with Crippen LogP contribution in [0.3, 0.4) is 0 Å². The van der Waals surface area contributed by atoms with E-state index >= 15 is 0 Å². The van der Waals surface area contributed by atoms with Crippen LogP contribution < -0.4 is 5.73 Å². The number of rotatable bonds is 3. The highest BCUT2D eigenvalue weighted by atomic mass is 16.2. The average molecular weight is 222 g/mol. The first-order chi connectivity index (χ1) is 7.81. The molecule has 0 aliphatic carbocycles. The Morgan fingerprint density at radius 3 is 3.19 bits per heavy atom. The van der Waals surface area contributed by atoms with E-state index in [2.05, 4.69) is 10.2 Å². The minimum Gasteiger partial charge on any atom is -0.338 e. The molecule has 1 atom stereocenters. The molecule has 16 heavy (non-hydrogen) atoms. The monoisotopic (exact) mass is 222 g/mol. The molecule has 88 valence electrons. The highest BCUT2D eigenvalue weighted by Gasteiger charge is 2.25. The number of carbonyl (C=O) groups is 1. The molecule has 5 nitrogen and oxygen atoms in total. The number of piperidine rings is 1. The Morgan fingerprint density at radius 1 is 1.62 bits per heavy atom. The van der Waals surface area contributed by atoms with Gasteiger partial charge in [0, 0.05) is 31.0 Å². The molecule has 5 heteroatoms. The summed E-state index contributed by atoms with van der Waals surface area (Å²) < 4.78 is 0. The molecule has 1 unspecified atom stereocenters. The number of nitrogens with one attached hydrogen (secondary N) is 1. The molecule has 2 heterocycles. The molecule has 1 saturated heterocycles. The molecule has 1 fully saturated rings. The fourth-order valence-corrected chi connectivity index (χ4v) is 2.22. The van der Waals surface area contributed by atoms with Crippen LogP contribution in [-0.2, 0) is 11.2 Å². The van der Waals surface area contributed by atoms with Crippen LogP contribution in [0.15, 0.2) is 12.3 Å². The summed E-state index contributed by atoms with van der Waals surface area (Å²) in [6.45, 7) is 1.41. The van der Waals surface area contributed by atoms with Crippen molar-refractivity contribution in [2.75, 3.05) is 13.1 Å². The van der Waals surface area contributed by atoms with Crippen LogP contribution in [0, 0.1) is 0 Å². The molecule has 0 saturated carbocycles. The van der Waals surface area contributed by atoms with Crippen molar-refractivity contribution >= 4 is 5.91 Å². The van der Waals surface area contributed by atoms with Gasteiger partial charge in [-0.05, 0) is 25.3 Å². The SMILES string of the molecule is NCC1CCCCN1C(=O)Cc1ccn[nH]1. The van der Waals surface area contributed by atoms with Crippen LogP contribution >= 0.6 is 0 Å². The Labute approximate surface area is 95.0 Å². The first kappa shape index (κ1) is 11.1. The van der Waals surface area contributed by atoms with E-state index in [1.807, 2.05) is 11.0 Å². The molecule has 0 radical (unpaired) electrons. The highest BCUT2D eigenvalue weighted by molar-refractivity contribution is 5.78. The third-order valence-corrected chi connectivity index (χ3v) is 3.12. The van der Waals surface area contributed by atoms with Gasteiger partial charge in [-0.25, -0.2) is 0 Å². The molecule has 1 aromatic rings. The van der Waals surface area contributed by atoms with Gasteiger partial charge in [0.25, 0.3) is 0 Å². The molecule has 1 aliphatic heterocycles. The lowest BCUT2D eigenvalue weighted by Gasteiger charge is -2.35. The van der Waals surface area contributed by atoms with E-state index < -0.39 is 0 Å². The van der Waals surface area contributed by atoms with Gasteiger partial charge in [0.2, 0.25) is 5.91 Å². The zero-order chi connectivity index (χ0) is 11.4. The normalized spacial score (nSPS) is 21.1. The number of amides is 1. The van der Waals surface area contributed by atoms with Crippen LogP contribution in [0.4, 0.5) is 0 Å². The fourth-order valence-electron chi connectivity index (χ4n) is 2.22. The van der Waals surface area contributed by atoms with Gasteiger partial charge in [-0.3, -0.25) is 9.89 Å². The second kappa shape index (κ2) is 5.12. The van der Waals surface area contributed by atoms with Crippen molar-refractivity contribution in [1.29, 1.82) is 0 Å². The lowest BCUT2D eigenvalue weighted by atomic mass is 10.0. The third-order valence-electron chi connectivity index (χ3n) is 3.12. The second-order valence-corrected chi connectivity index (χ2v) is 4.23. The van der Waals surface area contributed by atoms with E-state index in [1.165, 1.54) is 6.42 Å². The van der Waals surface area contributed by atoms with E-state index in [-0.39, 0.29) is 11.9 Å². The van der Waals surface area contributed by atoms with Crippen molar-refractivity contribution in [3.63, 3.8) is 0 Å². The molecule has 1 aliphatic rings. The van der Waals surface area contributed by atoms with E-state index in [4.69, 9.17) is 5.73 Å². The van der Waals surface area contributed by atoms with Gasteiger partial charge in [-0.1, -0.05) is 0 Å². The molecule has 3 N–H and O–H groups in total. The Bertz CT molecular complexity index is 336. The largest absolute Gasteiger partial charge is 0.338 e. The summed E-state index contributed by atoms with van der Waals surface area (Å²) in [6.07, 6.45) is 5.36. The van der Waals surface area contributed by atoms with Crippen molar-refractivity contribution in [2.45, 2.75) is 31.7 Å². The van der Waals surface area contributed by atoms with E-state index in [9.17, 15) is 4.79 Å². The van der Waals surface area contributed by atoms with Gasteiger partial charge in [0.1, 0.15) is 0 Å². The van der Waals surface area contributed by atoms with E-state index in [1.54, 1.807) is 6.20 Å². The number of carbonyl (C=O) groups excluding carboxylic acids is 1. The van der Waals surface area contributed by atoms with E-state index in [0.29, 0.717) is 13.0 Å². The minimum absolute atomic E-state index is 0.152. The maximum absolute atomic E-state index is 12.1. The van der Waals surface area contributed by atoms with Crippen molar-refractivity contribution < 1.29 is 4.79 Å². The Balaban J connectivity index is 1.97. The third kappa shape index (κ3) is 2.41. The molecule has 2 rings (SSSR count). The van der Waals surface area contributed by atoms with Crippen LogP contribution in [0.1, 0.15) is 25.0 Å². The quantitative estimate of drug-likeness (QED) is 0.772. The lowest BCUT2D eigenvalue weighted by Crippen LogP contribution is -2.48. The molecule has 0 aromatic carbocycles. The van der Waals surface area contributed by atoms with Crippen LogP contribution in [-0.4, -0.2) is 40.1 Å². The fraction of sp³-hybridized carbons (Fsp3) is 0.636. The first-order valence-corrected chi connectivity index (χ1v) is 5.79. The second-order valence-electron chi connectivity index (χ2n) is 4.23. The number of nitrogens with two attached hydrogens (primary N) is 1. The predicted octanol–water partition coefficient (Wildman–Crippen LogP) is 0.292. The number of hydrogen-bond donors (Lipinski definition) is 2. The number of nitrogens with zero attached hydrogens (tertiary/aromatic N) is 2. The number of hydrogen-bond acceptors (Lipinski definition) is 3. The summed E-state index contributed by atoms with van der Waals surface area (Å²) >= 11 is 0. The van der Waals surface area contributed by atoms with Gasteiger partial charge < -0.3 is 10.6 Å². The number of likely N-dealkylation sites (tertiary alicyclic amines) is 1. The van der Waals surface area contributed by atoms with Crippen molar-refractivity contribution in [2.24, 2.45) is 5.73 Å². The van der Waals surface area contributed by atoms with Crippen molar-refractivity contribution in [3.8, 4) is 0 Å². The Hall–Kier alpha value is -1.36. The summed E-state index contributed by atoms with van der Waals surface area (Å²) in [5.41, 5.74) is 6.56. The van der Waals surface area contributed by atoms with Crippen LogP contribution in [0.2, 0.25) is 0 Å². The predicted molar refractivity (Wildman–Crippen MR) is 60.7 cm³/mol. The van der Waals surface area contributed by atoms with Crippen LogP contribution in [0.25, 0.3) is 0 Å². The van der Waals surface area contributed by atoms with Gasteiger partial charge in [0.05, 0.1) is 6.42 Å². The Morgan fingerprint density at radius 2 is 2.50 bits per heavy atom. The maximum Gasteiger partial charge on any atom is 0.228 e. The first-order valence-electron chi connectivity index (χ1n) is 5.79. The molecular formula is C11H18N4O. The Kier molecular flexibility index (Phi) is 3.56. The van der Waals surface area contributed by atoms with Gasteiger partial charge >= 0.3 is 0 Å². The van der Waals surface area contributed by atoms with Gasteiger partial charge in [0.15, 0.2) is 0 Å².